The van der Waals surface area contributed by atoms with Gasteiger partial charge in [0, 0.05) is 48.2 Å². The number of halogens is 1. The van der Waals surface area contributed by atoms with Crippen molar-refractivity contribution in [2.45, 2.75) is 4.90 Å². The lowest BCUT2D eigenvalue weighted by molar-refractivity contribution is -0.387. The van der Waals surface area contributed by atoms with Gasteiger partial charge >= 0.3 is 0 Å². The molecule has 12 heteroatoms. The van der Waals surface area contributed by atoms with E-state index in [1.54, 1.807) is 17.5 Å². The van der Waals surface area contributed by atoms with Crippen LogP contribution in [0.1, 0.15) is 10.5 Å². The molecule has 1 fully saturated rings. The van der Waals surface area contributed by atoms with Gasteiger partial charge in [0.25, 0.3) is 11.6 Å². The molecule has 1 aromatic heterocycles. The number of carbonyl (C=O) groups is 1. The van der Waals surface area contributed by atoms with E-state index in [1.165, 1.54) is 38.7 Å². The van der Waals surface area contributed by atoms with Crippen LogP contribution in [-0.2, 0) is 10.0 Å². The number of nitrogens with zero attached hydrogens (tertiary/aromatic N) is 4. The fraction of sp³-hybridized carbons (Fsp3) is 0.200. The van der Waals surface area contributed by atoms with Gasteiger partial charge in [0.05, 0.1) is 4.92 Å². The number of thiazole rings is 1. The minimum absolute atomic E-state index is 0.0360. The lowest BCUT2D eigenvalue weighted by Gasteiger charge is -2.33. The van der Waals surface area contributed by atoms with Crippen LogP contribution in [0, 0.1) is 10.1 Å². The normalized spacial score (nSPS) is 15.0. The zero-order valence-electron chi connectivity index (χ0n) is 16.5. The predicted molar refractivity (Wildman–Crippen MR) is 120 cm³/mol. The molecule has 0 atom stereocenters. The summed E-state index contributed by atoms with van der Waals surface area (Å²) in [5.74, 6) is -0.288. The van der Waals surface area contributed by atoms with E-state index in [0.29, 0.717) is 10.0 Å². The molecule has 0 unspecified atom stereocenters. The number of amides is 1. The quantitative estimate of drug-likeness (QED) is 0.397. The maximum Gasteiger partial charge on any atom is 0.289 e. The molecule has 1 aliphatic heterocycles. The Morgan fingerprint density at radius 1 is 1.06 bits per heavy atom. The topological polar surface area (TPSA) is 114 Å². The lowest BCUT2D eigenvalue weighted by Crippen LogP contribution is -2.50. The third kappa shape index (κ3) is 4.37. The van der Waals surface area contributed by atoms with E-state index < -0.39 is 20.6 Å². The van der Waals surface area contributed by atoms with E-state index in [4.69, 9.17) is 11.6 Å². The van der Waals surface area contributed by atoms with Crippen molar-refractivity contribution in [3.05, 3.63) is 74.7 Å². The molecule has 166 valence electrons. The molecule has 1 saturated heterocycles. The van der Waals surface area contributed by atoms with Crippen molar-refractivity contribution in [2.24, 2.45) is 0 Å². The lowest BCUT2D eigenvalue weighted by atomic mass is 10.2. The highest BCUT2D eigenvalue weighted by molar-refractivity contribution is 7.89. The van der Waals surface area contributed by atoms with Gasteiger partial charge in [-0.3, -0.25) is 14.9 Å². The smallest absolute Gasteiger partial charge is 0.289 e. The summed E-state index contributed by atoms with van der Waals surface area (Å²) >= 11 is 7.24. The highest BCUT2D eigenvalue weighted by atomic mass is 35.5. The Morgan fingerprint density at radius 3 is 2.38 bits per heavy atom. The third-order valence-electron chi connectivity index (χ3n) is 5.02. The molecule has 0 N–H and O–H groups in total. The Bertz CT molecular complexity index is 1270. The zero-order valence-corrected chi connectivity index (χ0v) is 18.9. The molecule has 1 amide bonds. The predicted octanol–water partition coefficient (Wildman–Crippen LogP) is 3.52. The van der Waals surface area contributed by atoms with Crippen molar-refractivity contribution in [1.29, 1.82) is 0 Å². The van der Waals surface area contributed by atoms with E-state index in [-0.39, 0.29) is 42.7 Å². The summed E-state index contributed by atoms with van der Waals surface area (Å²) in [6.45, 7) is 0.390. The number of hydrogen-bond donors (Lipinski definition) is 0. The highest BCUT2D eigenvalue weighted by Gasteiger charge is 2.34. The molecule has 0 radical (unpaired) electrons. The van der Waals surface area contributed by atoms with Gasteiger partial charge in [-0.2, -0.15) is 4.31 Å². The number of nitro benzene ring substituents is 1. The van der Waals surface area contributed by atoms with Crippen LogP contribution in [0.2, 0.25) is 5.02 Å². The summed E-state index contributed by atoms with van der Waals surface area (Å²) in [7, 11) is -4.06. The number of carbonyl (C=O) groups excluding carboxylic acids is 1. The molecule has 32 heavy (non-hydrogen) atoms. The number of para-hydroxylation sites is 1. The van der Waals surface area contributed by atoms with Gasteiger partial charge in [0.1, 0.15) is 10.7 Å². The van der Waals surface area contributed by atoms with Crippen LogP contribution in [0.15, 0.2) is 58.8 Å². The molecule has 0 bridgehead atoms. The molecule has 2 aromatic carbocycles. The second-order valence-electron chi connectivity index (χ2n) is 6.97. The molecule has 4 rings (SSSR count). The largest absolute Gasteiger partial charge is 0.335 e. The first-order valence-corrected chi connectivity index (χ1v) is 12.2. The van der Waals surface area contributed by atoms with Crippen LogP contribution in [0.25, 0.3) is 10.6 Å². The first kappa shape index (κ1) is 22.3. The molecular weight excluding hydrogens is 476 g/mol. The van der Waals surface area contributed by atoms with Crippen LogP contribution < -0.4 is 0 Å². The van der Waals surface area contributed by atoms with Gasteiger partial charge in [0.15, 0.2) is 4.90 Å². The first-order chi connectivity index (χ1) is 15.3. The van der Waals surface area contributed by atoms with Crippen LogP contribution >= 0.6 is 22.9 Å². The SMILES string of the molecule is O=C(c1csc(-c2ccc(Cl)cc2)n1)N1CCN(S(=O)(=O)c2ccccc2[N+](=O)[O-])CC1. The molecular formula is C20H17ClN4O5S2. The van der Waals surface area contributed by atoms with E-state index in [0.717, 1.165) is 11.6 Å². The maximum absolute atomic E-state index is 12.9. The zero-order chi connectivity index (χ0) is 22.9. The summed E-state index contributed by atoms with van der Waals surface area (Å²) in [6.07, 6.45) is 0. The Morgan fingerprint density at radius 2 is 1.72 bits per heavy atom. The number of piperazine rings is 1. The number of benzene rings is 2. The average Bonchev–Trinajstić information content (AvgIpc) is 3.29. The molecule has 1 aliphatic rings. The molecule has 2 heterocycles. The van der Waals surface area contributed by atoms with Gasteiger partial charge in [-0.25, -0.2) is 13.4 Å². The summed E-state index contributed by atoms with van der Waals surface area (Å²) in [5, 5.41) is 14.2. The highest BCUT2D eigenvalue weighted by Crippen LogP contribution is 2.28. The van der Waals surface area contributed by atoms with Gasteiger partial charge in [-0.15, -0.1) is 11.3 Å². The van der Waals surface area contributed by atoms with E-state index >= 15 is 0 Å². The molecule has 9 nitrogen and oxygen atoms in total. The summed E-state index contributed by atoms with van der Waals surface area (Å²) < 4.78 is 27.0. The Kier molecular flexibility index (Phi) is 6.24. The number of nitro groups is 1. The van der Waals surface area contributed by atoms with Crippen molar-refractivity contribution in [3.8, 4) is 10.6 Å². The Hall–Kier alpha value is -2.86. The standard InChI is InChI=1S/C20H17ClN4O5S2/c21-15-7-5-14(6-8-15)19-22-16(13-31-19)20(26)23-9-11-24(12-10-23)32(29,30)18-4-2-1-3-17(18)25(27)28/h1-8,13H,9-12H2. The van der Waals surface area contributed by atoms with E-state index in [9.17, 15) is 23.3 Å². The average molecular weight is 493 g/mol. The van der Waals surface area contributed by atoms with Crippen LogP contribution in [0.4, 0.5) is 5.69 Å². The van der Waals surface area contributed by atoms with Crippen LogP contribution in [0.3, 0.4) is 0 Å². The minimum Gasteiger partial charge on any atom is -0.335 e. The number of aromatic nitrogens is 1. The van der Waals surface area contributed by atoms with Crippen molar-refractivity contribution >= 4 is 44.6 Å². The Balaban J connectivity index is 1.45. The van der Waals surface area contributed by atoms with Crippen molar-refractivity contribution in [1.82, 2.24) is 14.2 Å². The summed E-state index contributed by atoms with van der Waals surface area (Å²) in [6, 6.07) is 12.4. The van der Waals surface area contributed by atoms with Gasteiger partial charge in [-0.1, -0.05) is 35.9 Å². The maximum atomic E-state index is 12.9. The van der Waals surface area contributed by atoms with Crippen LogP contribution in [-0.4, -0.2) is 59.6 Å². The molecule has 3 aromatic rings. The van der Waals surface area contributed by atoms with Crippen molar-refractivity contribution < 1.29 is 18.1 Å². The number of rotatable bonds is 5. The number of sulfonamides is 1. The second-order valence-corrected chi connectivity index (χ2v) is 10.2. The molecule has 0 spiro atoms. The van der Waals surface area contributed by atoms with Crippen LogP contribution in [0.5, 0.6) is 0 Å². The Labute approximate surface area is 193 Å². The van der Waals surface area contributed by atoms with E-state index in [2.05, 4.69) is 4.98 Å². The fourth-order valence-electron chi connectivity index (χ4n) is 3.36. The van der Waals surface area contributed by atoms with Gasteiger partial charge < -0.3 is 4.90 Å². The molecule has 0 aliphatic carbocycles. The summed E-state index contributed by atoms with van der Waals surface area (Å²) in [5.41, 5.74) is 0.664. The second kappa shape index (κ2) is 8.94. The van der Waals surface area contributed by atoms with Gasteiger partial charge in [0.2, 0.25) is 10.0 Å². The van der Waals surface area contributed by atoms with Gasteiger partial charge in [-0.05, 0) is 18.2 Å². The minimum atomic E-state index is -4.06. The molecule has 0 saturated carbocycles. The van der Waals surface area contributed by atoms with Crippen molar-refractivity contribution in [2.75, 3.05) is 26.2 Å². The van der Waals surface area contributed by atoms with E-state index in [1.807, 2.05) is 12.1 Å². The fourth-order valence-corrected chi connectivity index (χ4v) is 5.86. The summed E-state index contributed by atoms with van der Waals surface area (Å²) in [4.78, 5) is 29.0. The number of hydrogen-bond acceptors (Lipinski definition) is 7. The third-order valence-corrected chi connectivity index (χ3v) is 8.11. The van der Waals surface area contributed by atoms with Crippen molar-refractivity contribution in [3.63, 3.8) is 0 Å². The first-order valence-electron chi connectivity index (χ1n) is 9.51. The monoisotopic (exact) mass is 492 g/mol.